The Labute approximate surface area is 146 Å². The zero-order chi connectivity index (χ0) is 15.4. The molecule has 0 saturated heterocycles. The molecule has 0 radical (unpaired) electrons. The number of benzene rings is 2. The summed E-state index contributed by atoms with van der Waals surface area (Å²) in [5.74, 6) is 0.429. The molecular formula is C15H12Cl2INO2. The van der Waals surface area contributed by atoms with E-state index in [0.29, 0.717) is 21.4 Å². The standard InChI is InChI=1S/C15H12Cl2INO2/c1-21-14-4-2-3-11(16)10(14)8-19-15(20)9-5-6-13(18)12(17)7-9/h2-7H,8H2,1H3,(H,19,20). The van der Waals surface area contributed by atoms with Crippen LogP contribution in [0, 0.1) is 3.57 Å². The van der Waals surface area contributed by atoms with Crippen molar-refractivity contribution >= 4 is 51.7 Å². The lowest BCUT2D eigenvalue weighted by Gasteiger charge is -2.11. The highest BCUT2D eigenvalue weighted by Crippen LogP contribution is 2.26. The Hall–Kier alpha value is -0.980. The van der Waals surface area contributed by atoms with Crippen LogP contribution in [0.1, 0.15) is 15.9 Å². The van der Waals surface area contributed by atoms with Crippen molar-refractivity contribution < 1.29 is 9.53 Å². The Morgan fingerprint density at radius 2 is 2.00 bits per heavy atom. The van der Waals surface area contributed by atoms with Crippen molar-refractivity contribution in [3.05, 3.63) is 61.1 Å². The Balaban J connectivity index is 2.13. The number of methoxy groups -OCH3 is 1. The third-order valence-corrected chi connectivity index (χ3v) is 4.83. The molecule has 0 aliphatic carbocycles. The van der Waals surface area contributed by atoms with Gasteiger partial charge in [-0.3, -0.25) is 4.79 Å². The Kier molecular flexibility index (Phi) is 5.72. The topological polar surface area (TPSA) is 38.3 Å². The molecule has 0 aliphatic heterocycles. The number of carbonyl (C=O) groups excluding carboxylic acids is 1. The average Bonchev–Trinajstić information content (AvgIpc) is 2.48. The molecule has 0 unspecified atom stereocenters. The molecule has 6 heteroatoms. The van der Waals surface area contributed by atoms with Gasteiger partial charge >= 0.3 is 0 Å². The monoisotopic (exact) mass is 435 g/mol. The first kappa shape index (κ1) is 16.4. The summed E-state index contributed by atoms with van der Waals surface area (Å²) in [4.78, 5) is 12.1. The molecule has 0 saturated carbocycles. The SMILES string of the molecule is COc1cccc(Cl)c1CNC(=O)c1ccc(I)c(Cl)c1. The maximum absolute atomic E-state index is 12.1. The number of ether oxygens (including phenoxy) is 1. The van der Waals surface area contributed by atoms with Crippen LogP contribution < -0.4 is 10.1 Å². The van der Waals surface area contributed by atoms with E-state index in [1.165, 1.54) is 0 Å². The molecule has 0 aromatic heterocycles. The van der Waals surface area contributed by atoms with Crippen LogP contribution in [0.25, 0.3) is 0 Å². The molecular weight excluding hydrogens is 424 g/mol. The molecule has 0 bridgehead atoms. The molecule has 1 amide bonds. The minimum atomic E-state index is -0.213. The van der Waals surface area contributed by atoms with E-state index in [2.05, 4.69) is 27.9 Å². The van der Waals surface area contributed by atoms with Crippen LogP contribution in [0.3, 0.4) is 0 Å². The van der Waals surface area contributed by atoms with Crippen LogP contribution in [0.2, 0.25) is 10.0 Å². The predicted octanol–water partition coefficient (Wildman–Crippen LogP) is 4.54. The van der Waals surface area contributed by atoms with Gasteiger partial charge in [-0.15, -0.1) is 0 Å². The van der Waals surface area contributed by atoms with Crippen molar-refractivity contribution in [2.24, 2.45) is 0 Å². The molecule has 3 nitrogen and oxygen atoms in total. The molecule has 0 fully saturated rings. The highest BCUT2D eigenvalue weighted by atomic mass is 127. The van der Waals surface area contributed by atoms with Gasteiger partial charge in [0.25, 0.3) is 5.91 Å². The Morgan fingerprint density at radius 1 is 1.24 bits per heavy atom. The lowest BCUT2D eigenvalue weighted by Crippen LogP contribution is -2.23. The van der Waals surface area contributed by atoms with E-state index in [4.69, 9.17) is 27.9 Å². The summed E-state index contributed by atoms with van der Waals surface area (Å²) >= 11 is 14.3. The molecule has 2 aromatic rings. The molecule has 110 valence electrons. The third-order valence-electron chi connectivity index (χ3n) is 2.90. The summed E-state index contributed by atoms with van der Waals surface area (Å²) in [5, 5.41) is 3.92. The van der Waals surface area contributed by atoms with Gasteiger partial charge in [0, 0.05) is 26.3 Å². The van der Waals surface area contributed by atoms with Crippen molar-refractivity contribution in [1.82, 2.24) is 5.32 Å². The number of nitrogens with one attached hydrogen (secondary N) is 1. The van der Waals surface area contributed by atoms with Crippen molar-refractivity contribution in [3.8, 4) is 5.75 Å². The smallest absolute Gasteiger partial charge is 0.251 e. The first-order valence-electron chi connectivity index (χ1n) is 6.07. The van der Waals surface area contributed by atoms with Gasteiger partial charge in [-0.25, -0.2) is 0 Å². The Bertz CT molecular complexity index is 677. The molecule has 0 atom stereocenters. The third kappa shape index (κ3) is 4.02. The average molecular weight is 436 g/mol. The van der Waals surface area contributed by atoms with Crippen LogP contribution in [-0.2, 0) is 6.54 Å². The van der Waals surface area contributed by atoms with E-state index < -0.39 is 0 Å². The fraction of sp³-hybridized carbons (Fsp3) is 0.133. The van der Waals surface area contributed by atoms with Crippen LogP contribution in [-0.4, -0.2) is 13.0 Å². The number of carbonyl (C=O) groups is 1. The number of rotatable bonds is 4. The molecule has 0 heterocycles. The van der Waals surface area contributed by atoms with E-state index in [1.807, 2.05) is 0 Å². The summed E-state index contributed by atoms with van der Waals surface area (Å²) in [7, 11) is 1.57. The predicted molar refractivity (Wildman–Crippen MR) is 93.3 cm³/mol. The van der Waals surface area contributed by atoms with Gasteiger partial charge in [-0.1, -0.05) is 29.3 Å². The lowest BCUT2D eigenvalue weighted by atomic mass is 10.1. The highest BCUT2D eigenvalue weighted by Gasteiger charge is 2.11. The van der Waals surface area contributed by atoms with Gasteiger partial charge in [0.05, 0.1) is 12.1 Å². The number of amides is 1. The zero-order valence-corrected chi connectivity index (χ0v) is 14.8. The van der Waals surface area contributed by atoms with Gasteiger partial charge in [-0.05, 0) is 52.9 Å². The van der Waals surface area contributed by atoms with Gasteiger partial charge in [-0.2, -0.15) is 0 Å². The maximum atomic E-state index is 12.1. The fourth-order valence-electron chi connectivity index (χ4n) is 1.81. The van der Waals surface area contributed by atoms with Gasteiger partial charge in [0.2, 0.25) is 0 Å². The first-order valence-corrected chi connectivity index (χ1v) is 7.91. The lowest BCUT2D eigenvalue weighted by molar-refractivity contribution is 0.0950. The second kappa shape index (κ2) is 7.33. The molecule has 0 spiro atoms. The summed E-state index contributed by atoms with van der Waals surface area (Å²) < 4.78 is 6.14. The van der Waals surface area contributed by atoms with Crippen molar-refractivity contribution in [1.29, 1.82) is 0 Å². The molecule has 0 aliphatic rings. The maximum Gasteiger partial charge on any atom is 0.251 e. The minimum Gasteiger partial charge on any atom is -0.496 e. The van der Waals surface area contributed by atoms with Crippen molar-refractivity contribution in [2.45, 2.75) is 6.54 Å². The second-order valence-electron chi connectivity index (χ2n) is 4.23. The largest absolute Gasteiger partial charge is 0.496 e. The fourth-order valence-corrected chi connectivity index (χ4v) is 2.56. The van der Waals surface area contributed by atoms with Gasteiger partial charge < -0.3 is 10.1 Å². The Morgan fingerprint density at radius 3 is 2.67 bits per heavy atom. The van der Waals surface area contributed by atoms with Crippen LogP contribution >= 0.6 is 45.8 Å². The van der Waals surface area contributed by atoms with Crippen molar-refractivity contribution in [2.75, 3.05) is 7.11 Å². The zero-order valence-electron chi connectivity index (χ0n) is 11.1. The second-order valence-corrected chi connectivity index (χ2v) is 6.21. The summed E-state index contributed by atoms with van der Waals surface area (Å²) in [5.41, 5.74) is 1.25. The molecule has 1 N–H and O–H groups in total. The quantitative estimate of drug-likeness (QED) is 0.716. The van der Waals surface area contributed by atoms with Crippen LogP contribution in [0.4, 0.5) is 0 Å². The number of hydrogen-bond acceptors (Lipinski definition) is 2. The molecule has 2 aromatic carbocycles. The van der Waals surface area contributed by atoms with Crippen LogP contribution in [0.5, 0.6) is 5.75 Å². The minimum absolute atomic E-state index is 0.213. The number of hydrogen-bond donors (Lipinski definition) is 1. The normalized spacial score (nSPS) is 10.3. The van der Waals surface area contributed by atoms with Gasteiger partial charge in [0.1, 0.15) is 5.75 Å². The van der Waals surface area contributed by atoms with Crippen LogP contribution in [0.15, 0.2) is 36.4 Å². The first-order chi connectivity index (χ1) is 10.0. The van der Waals surface area contributed by atoms with E-state index in [1.54, 1.807) is 43.5 Å². The van der Waals surface area contributed by atoms with E-state index >= 15 is 0 Å². The summed E-state index contributed by atoms with van der Waals surface area (Å²) in [6, 6.07) is 10.5. The summed E-state index contributed by atoms with van der Waals surface area (Å²) in [6.45, 7) is 0.283. The van der Waals surface area contributed by atoms with Crippen molar-refractivity contribution in [3.63, 3.8) is 0 Å². The van der Waals surface area contributed by atoms with E-state index in [0.717, 1.165) is 9.13 Å². The molecule has 21 heavy (non-hydrogen) atoms. The van der Waals surface area contributed by atoms with E-state index in [-0.39, 0.29) is 12.5 Å². The van der Waals surface area contributed by atoms with Gasteiger partial charge in [0.15, 0.2) is 0 Å². The number of halogens is 3. The van der Waals surface area contributed by atoms with E-state index in [9.17, 15) is 4.79 Å². The summed E-state index contributed by atoms with van der Waals surface area (Å²) in [6.07, 6.45) is 0. The highest BCUT2D eigenvalue weighted by molar-refractivity contribution is 14.1. The molecule has 2 rings (SSSR count).